The fourth-order valence-electron chi connectivity index (χ4n) is 6.24. The Balaban J connectivity index is 1.47. The zero-order valence-corrected chi connectivity index (χ0v) is 16.7. The fourth-order valence-corrected chi connectivity index (χ4v) is 6.59. The molecule has 0 radical (unpaired) electrons. The number of halogens is 2. The molecule has 0 aliphatic heterocycles. The second-order valence-corrected chi connectivity index (χ2v) is 9.61. The molecule has 6 rings (SSSR count). The number of benzene rings is 1. The van der Waals surface area contributed by atoms with Crippen molar-refractivity contribution >= 4 is 34.8 Å². The largest absolute Gasteiger partial charge is 0.325 e. The highest BCUT2D eigenvalue weighted by Crippen LogP contribution is 2.64. The van der Waals surface area contributed by atoms with Gasteiger partial charge in [0.2, 0.25) is 11.2 Å². The molecule has 4 bridgehead atoms. The van der Waals surface area contributed by atoms with Gasteiger partial charge in [0.15, 0.2) is 0 Å². The number of amides is 1. The van der Waals surface area contributed by atoms with E-state index in [1.165, 1.54) is 6.42 Å². The van der Waals surface area contributed by atoms with Crippen molar-refractivity contribution in [3.8, 4) is 0 Å². The van der Waals surface area contributed by atoms with E-state index in [0.29, 0.717) is 16.9 Å². The summed E-state index contributed by atoms with van der Waals surface area (Å²) < 4.78 is 1.95. The minimum atomic E-state index is -0.339. The minimum absolute atomic E-state index is 0.128. The number of anilines is 1. The van der Waals surface area contributed by atoms with Crippen LogP contribution in [0.3, 0.4) is 0 Å². The van der Waals surface area contributed by atoms with Gasteiger partial charge in [0.25, 0.3) is 0 Å². The first-order chi connectivity index (χ1) is 12.9. The molecule has 1 heterocycles. The van der Waals surface area contributed by atoms with Crippen LogP contribution in [0.2, 0.25) is 10.3 Å². The van der Waals surface area contributed by atoms with E-state index >= 15 is 0 Å². The smallest absolute Gasteiger partial charge is 0.242 e. The van der Waals surface area contributed by atoms with Gasteiger partial charge in [-0.2, -0.15) is 0 Å². The standard InChI is InChI=1S/C20H22Cl2N4O/c1-12-4-15(21)2-3-16(12)24-17(27)19-6-13-5-14(7-19)9-20(8-13,10-19)26-11-23-18(22)25-26/h2-4,11,13-14H,5-10H2,1H3,(H,24,27)/t13-,14-,19?,20?/m0/s1. The van der Waals surface area contributed by atoms with Crippen LogP contribution in [0.25, 0.3) is 0 Å². The molecule has 1 N–H and O–H groups in total. The third-order valence-electron chi connectivity index (χ3n) is 6.90. The summed E-state index contributed by atoms with van der Waals surface area (Å²) in [4.78, 5) is 17.6. The molecule has 7 heteroatoms. The number of carbonyl (C=O) groups excluding carboxylic acids is 1. The van der Waals surface area contributed by atoms with Gasteiger partial charge in [0, 0.05) is 10.7 Å². The highest BCUT2D eigenvalue weighted by molar-refractivity contribution is 6.30. The molecule has 0 unspecified atom stereocenters. The zero-order valence-electron chi connectivity index (χ0n) is 15.2. The second-order valence-electron chi connectivity index (χ2n) is 8.84. The van der Waals surface area contributed by atoms with Crippen LogP contribution in [-0.4, -0.2) is 20.7 Å². The van der Waals surface area contributed by atoms with Crippen molar-refractivity contribution in [1.82, 2.24) is 14.8 Å². The van der Waals surface area contributed by atoms with Gasteiger partial charge in [0.1, 0.15) is 6.33 Å². The molecule has 5 nitrogen and oxygen atoms in total. The topological polar surface area (TPSA) is 59.8 Å². The predicted molar refractivity (Wildman–Crippen MR) is 105 cm³/mol. The lowest BCUT2D eigenvalue weighted by Gasteiger charge is -2.60. The van der Waals surface area contributed by atoms with Crippen molar-refractivity contribution in [2.75, 3.05) is 5.32 Å². The molecule has 27 heavy (non-hydrogen) atoms. The average molecular weight is 405 g/mol. The summed E-state index contributed by atoms with van der Waals surface area (Å²) in [6, 6.07) is 5.60. The van der Waals surface area contributed by atoms with E-state index in [4.69, 9.17) is 23.2 Å². The molecule has 2 atom stereocenters. The van der Waals surface area contributed by atoms with E-state index < -0.39 is 0 Å². The normalized spacial score (nSPS) is 34.0. The van der Waals surface area contributed by atoms with Crippen molar-refractivity contribution < 1.29 is 4.79 Å². The second kappa shape index (κ2) is 5.95. The molecular formula is C20H22Cl2N4O. The van der Waals surface area contributed by atoms with Gasteiger partial charge in [-0.15, -0.1) is 5.10 Å². The van der Waals surface area contributed by atoms with Gasteiger partial charge < -0.3 is 5.32 Å². The third-order valence-corrected chi connectivity index (χ3v) is 7.31. The summed E-state index contributed by atoms with van der Waals surface area (Å²) in [7, 11) is 0. The van der Waals surface area contributed by atoms with Gasteiger partial charge in [0.05, 0.1) is 11.0 Å². The first kappa shape index (κ1) is 17.5. The monoisotopic (exact) mass is 404 g/mol. The molecular weight excluding hydrogens is 383 g/mol. The lowest BCUT2D eigenvalue weighted by molar-refractivity contribution is -0.150. The van der Waals surface area contributed by atoms with Gasteiger partial charge in [-0.05, 0) is 92.6 Å². The summed E-state index contributed by atoms with van der Waals surface area (Å²) in [5.74, 6) is 1.26. The van der Waals surface area contributed by atoms with E-state index in [-0.39, 0.29) is 22.1 Å². The van der Waals surface area contributed by atoms with Crippen LogP contribution in [0.5, 0.6) is 0 Å². The third kappa shape index (κ3) is 2.78. The number of rotatable bonds is 3. The Hall–Kier alpha value is -1.59. The predicted octanol–water partition coefficient (Wildman–Crippen LogP) is 4.83. The Morgan fingerprint density at radius 1 is 1.22 bits per heavy atom. The van der Waals surface area contributed by atoms with Crippen molar-refractivity contribution in [3.63, 3.8) is 0 Å². The van der Waals surface area contributed by atoms with Crippen LogP contribution in [0, 0.1) is 24.2 Å². The Morgan fingerprint density at radius 3 is 2.59 bits per heavy atom. The van der Waals surface area contributed by atoms with E-state index in [2.05, 4.69) is 15.4 Å². The maximum atomic E-state index is 13.5. The Morgan fingerprint density at radius 2 is 1.96 bits per heavy atom. The number of nitrogens with zero attached hydrogens (tertiary/aromatic N) is 3. The molecule has 1 aromatic heterocycles. The van der Waals surface area contributed by atoms with Crippen LogP contribution in [0.1, 0.15) is 44.1 Å². The van der Waals surface area contributed by atoms with Crippen LogP contribution < -0.4 is 5.32 Å². The summed E-state index contributed by atoms with van der Waals surface area (Å²) in [6.07, 6.45) is 7.84. The molecule has 4 aliphatic carbocycles. The molecule has 4 aliphatic rings. The number of hydrogen-bond donors (Lipinski definition) is 1. The Labute approximate surface area is 168 Å². The van der Waals surface area contributed by atoms with E-state index in [1.54, 1.807) is 6.33 Å². The average Bonchev–Trinajstić information content (AvgIpc) is 3.03. The van der Waals surface area contributed by atoms with Gasteiger partial charge in [-0.1, -0.05) is 11.6 Å². The summed E-state index contributed by atoms with van der Waals surface area (Å²) in [5.41, 5.74) is 1.36. The molecule has 2 aromatic rings. The van der Waals surface area contributed by atoms with Crippen LogP contribution in [0.15, 0.2) is 24.5 Å². The molecule has 142 valence electrons. The lowest BCUT2D eigenvalue weighted by Crippen LogP contribution is -2.60. The number of aromatic nitrogens is 3. The summed E-state index contributed by atoms with van der Waals surface area (Å²) >= 11 is 12.1. The maximum Gasteiger partial charge on any atom is 0.242 e. The minimum Gasteiger partial charge on any atom is -0.325 e. The van der Waals surface area contributed by atoms with Crippen LogP contribution in [-0.2, 0) is 10.3 Å². The van der Waals surface area contributed by atoms with Crippen molar-refractivity contribution in [2.24, 2.45) is 17.3 Å². The summed E-state index contributed by atoms with van der Waals surface area (Å²) in [6.45, 7) is 1.97. The SMILES string of the molecule is Cc1cc(Cl)ccc1NC(=O)C12C[C@@H]3C[C@@H](C1)CC(n1cnc(Cl)n1)(C3)C2. The van der Waals surface area contributed by atoms with E-state index in [9.17, 15) is 4.79 Å². The van der Waals surface area contributed by atoms with Gasteiger partial charge in [-0.25, -0.2) is 9.67 Å². The van der Waals surface area contributed by atoms with Gasteiger partial charge >= 0.3 is 0 Å². The first-order valence-electron chi connectivity index (χ1n) is 9.53. The molecule has 4 fully saturated rings. The van der Waals surface area contributed by atoms with E-state index in [1.807, 2.05) is 29.8 Å². The highest BCUT2D eigenvalue weighted by Gasteiger charge is 2.61. The molecule has 0 spiro atoms. The Kier molecular flexibility index (Phi) is 3.86. The van der Waals surface area contributed by atoms with Crippen LogP contribution in [0.4, 0.5) is 5.69 Å². The lowest BCUT2D eigenvalue weighted by atomic mass is 9.46. The maximum absolute atomic E-state index is 13.5. The van der Waals surface area contributed by atoms with Crippen molar-refractivity contribution in [2.45, 2.75) is 51.0 Å². The van der Waals surface area contributed by atoms with Crippen LogP contribution >= 0.6 is 23.2 Å². The number of aryl methyl sites for hydroxylation is 1. The molecule has 1 aromatic carbocycles. The molecule has 1 amide bonds. The number of nitrogens with one attached hydrogen (secondary N) is 1. The fraction of sp³-hybridized carbons (Fsp3) is 0.550. The van der Waals surface area contributed by atoms with Gasteiger partial charge in [-0.3, -0.25) is 4.79 Å². The Bertz CT molecular complexity index is 910. The highest BCUT2D eigenvalue weighted by atomic mass is 35.5. The molecule has 0 saturated heterocycles. The molecule has 4 saturated carbocycles. The van der Waals surface area contributed by atoms with E-state index in [0.717, 1.165) is 43.4 Å². The quantitative estimate of drug-likeness (QED) is 0.796. The summed E-state index contributed by atoms with van der Waals surface area (Å²) in [5, 5.41) is 8.58. The number of carbonyl (C=O) groups is 1. The van der Waals surface area contributed by atoms with Crippen molar-refractivity contribution in [3.05, 3.63) is 40.4 Å². The first-order valence-corrected chi connectivity index (χ1v) is 10.3. The zero-order chi connectivity index (χ0) is 18.8. The number of hydrogen-bond acceptors (Lipinski definition) is 3. The van der Waals surface area contributed by atoms with Crippen molar-refractivity contribution in [1.29, 1.82) is 0 Å².